The Morgan fingerprint density at radius 2 is 1.58 bits per heavy atom. The first-order valence-corrected chi connectivity index (χ1v) is 10.3. The van der Waals surface area contributed by atoms with Crippen LogP contribution in [0.25, 0.3) is 0 Å². The van der Waals surface area contributed by atoms with E-state index in [1.54, 1.807) is 6.08 Å². The summed E-state index contributed by atoms with van der Waals surface area (Å²) in [6, 6.07) is 3.66. The maximum absolute atomic E-state index is 6.79. The van der Waals surface area contributed by atoms with Crippen LogP contribution in [0.15, 0.2) is 6.08 Å². The molecular formula is C16H33OSiZr-. The zero-order valence-electron chi connectivity index (χ0n) is 13.7. The summed E-state index contributed by atoms with van der Waals surface area (Å²) in [5, 5.41) is 0. The number of hydrogen-bond donors (Lipinski definition) is 0. The third-order valence-electron chi connectivity index (χ3n) is 4.49. The molecule has 0 radical (unpaired) electrons. The van der Waals surface area contributed by atoms with Gasteiger partial charge in [-0.25, -0.2) is 0 Å². The van der Waals surface area contributed by atoms with Crippen molar-refractivity contribution in [3.05, 3.63) is 12.7 Å². The molecule has 0 spiro atoms. The Morgan fingerprint density at radius 1 is 1.05 bits per heavy atom. The maximum Gasteiger partial charge on any atom is 0.192 e. The van der Waals surface area contributed by atoms with Gasteiger partial charge >= 0.3 is 0 Å². The van der Waals surface area contributed by atoms with Crippen molar-refractivity contribution in [3.8, 4) is 0 Å². The molecule has 0 fully saturated rings. The average Bonchev–Trinajstić information content (AvgIpc) is 2.42. The fraction of sp³-hybridized carbons (Fsp3) is 0.875. The topological polar surface area (TPSA) is 9.23 Å². The van der Waals surface area contributed by atoms with Gasteiger partial charge in [0.25, 0.3) is 0 Å². The van der Waals surface area contributed by atoms with Gasteiger partial charge in [0, 0.05) is 26.2 Å². The standard InChI is InChI=1S/C16H33OSi.Zr/c1-7-13-15-16(9-3,14-8-2)17-18(10-4,11-5)12-6;/h2,8H,7,9-15H2,1,3-6H3;/q-1;. The molecule has 0 N–H and O–H groups in total. The van der Waals surface area contributed by atoms with Crippen molar-refractivity contribution in [1.82, 2.24) is 0 Å². The predicted octanol–water partition coefficient (Wildman–Crippen LogP) is 5.72. The molecule has 0 aromatic carbocycles. The fourth-order valence-electron chi connectivity index (χ4n) is 2.73. The van der Waals surface area contributed by atoms with Crippen LogP contribution in [0.3, 0.4) is 0 Å². The number of rotatable bonds is 11. The number of hydrogen-bond acceptors (Lipinski definition) is 1. The fourth-order valence-corrected chi connectivity index (χ4v) is 5.91. The van der Waals surface area contributed by atoms with Crippen molar-refractivity contribution in [1.29, 1.82) is 0 Å². The van der Waals surface area contributed by atoms with Crippen molar-refractivity contribution < 1.29 is 30.6 Å². The van der Waals surface area contributed by atoms with Gasteiger partial charge in [-0.15, -0.1) is 0 Å². The smallest absolute Gasteiger partial charge is 0.192 e. The Kier molecular flexibility index (Phi) is 13.3. The summed E-state index contributed by atoms with van der Waals surface area (Å²) in [5.41, 5.74) is 0.0129. The van der Waals surface area contributed by atoms with Crippen LogP contribution in [0.5, 0.6) is 0 Å². The van der Waals surface area contributed by atoms with E-state index in [1.165, 1.54) is 31.0 Å². The molecule has 0 saturated heterocycles. The van der Waals surface area contributed by atoms with Crippen LogP contribution < -0.4 is 0 Å². The summed E-state index contributed by atoms with van der Waals surface area (Å²) < 4.78 is 6.79. The van der Waals surface area contributed by atoms with E-state index in [9.17, 15) is 0 Å². The van der Waals surface area contributed by atoms with E-state index in [-0.39, 0.29) is 31.8 Å². The first-order valence-electron chi connectivity index (χ1n) is 7.81. The monoisotopic (exact) mass is 359 g/mol. The van der Waals surface area contributed by atoms with Crippen molar-refractivity contribution in [2.75, 3.05) is 0 Å². The van der Waals surface area contributed by atoms with Crippen LogP contribution in [0.4, 0.5) is 0 Å². The molecule has 0 aromatic heterocycles. The van der Waals surface area contributed by atoms with Crippen LogP contribution >= 0.6 is 0 Å². The Labute approximate surface area is 141 Å². The predicted molar refractivity (Wildman–Crippen MR) is 84.3 cm³/mol. The quantitative estimate of drug-likeness (QED) is 0.338. The van der Waals surface area contributed by atoms with E-state index >= 15 is 0 Å². The summed E-state index contributed by atoms with van der Waals surface area (Å²) >= 11 is 0. The van der Waals surface area contributed by atoms with Crippen LogP contribution in [-0.4, -0.2) is 13.9 Å². The summed E-state index contributed by atoms with van der Waals surface area (Å²) in [6.07, 6.45) is 7.41. The van der Waals surface area contributed by atoms with Crippen LogP contribution in [0.2, 0.25) is 18.1 Å². The minimum Gasteiger partial charge on any atom is -0.518 e. The second-order valence-corrected chi connectivity index (χ2v) is 10.1. The van der Waals surface area contributed by atoms with Crippen molar-refractivity contribution in [3.63, 3.8) is 0 Å². The van der Waals surface area contributed by atoms with E-state index in [2.05, 4.69) is 34.6 Å². The molecule has 1 atom stereocenters. The molecule has 112 valence electrons. The minimum absolute atomic E-state index is 0. The molecule has 0 heterocycles. The molecule has 19 heavy (non-hydrogen) atoms. The van der Waals surface area contributed by atoms with Crippen LogP contribution in [0, 0.1) is 6.58 Å². The largest absolute Gasteiger partial charge is 0.518 e. The molecule has 1 unspecified atom stereocenters. The van der Waals surface area contributed by atoms with Gasteiger partial charge in [-0.3, -0.25) is 6.08 Å². The van der Waals surface area contributed by atoms with Gasteiger partial charge in [0.1, 0.15) is 0 Å². The Morgan fingerprint density at radius 3 is 1.89 bits per heavy atom. The third-order valence-corrected chi connectivity index (χ3v) is 9.22. The SMILES string of the molecule is [CH-]=CCC(CC)(CCCC)O[Si](CC)(CC)CC.[Zr]. The molecule has 0 amide bonds. The van der Waals surface area contributed by atoms with E-state index in [1.807, 2.05) is 0 Å². The molecule has 0 aromatic rings. The summed E-state index contributed by atoms with van der Waals surface area (Å²) in [7, 11) is -1.54. The molecule has 0 aliphatic carbocycles. The second-order valence-electron chi connectivity index (χ2n) is 5.43. The Balaban J connectivity index is 0. The zero-order chi connectivity index (χ0) is 14.1. The van der Waals surface area contributed by atoms with Gasteiger partial charge in [0.2, 0.25) is 0 Å². The van der Waals surface area contributed by atoms with Gasteiger partial charge < -0.3 is 11.0 Å². The Hall–Kier alpha value is 0.800. The molecule has 0 rings (SSSR count). The van der Waals surface area contributed by atoms with Gasteiger partial charge in [0.15, 0.2) is 8.32 Å². The first-order chi connectivity index (χ1) is 8.57. The van der Waals surface area contributed by atoms with Crippen molar-refractivity contribution in [2.24, 2.45) is 0 Å². The molecule has 0 bridgehead atoms. The minimum atomic E-state index is -1.54. The third kappa shape index (κ3) is 6.87. The number of unbranched alkanes of at least 4 members (excludes halogenated alkanes) is 1. The van der Waals surface area contributed by atoms with Gasteiger partial charge in [-0.05, 0) is 37.4 Å². The summed E-state index contributed by atoms with van der Waals surface area (Å²) in [6.45, 7) is 17.1. The van der Waals surface area contributed by atoms with E-state index in [4.69, 9.17) is 11.0 Å². The van der Waals surface area contributed by atoms with Gasteiger partial charge in [-0.1, -0.05) is 47.5 Å². The van der Waals surface area contributed by atoms with Crippen molar-refractivity contribution in [2.45, 2.75) is 90.5 Å². The molecule has 1 nitrogen and oxygen atoms in total. The van der Waals surface area contributed by atoms with Crippen LogP contribution in [-0.2, 0) is 30.6 Å². The van der Waals surface area contributed by atoms with Gasteiger partial charge in [0.05, 0.1) is 5.60 Å². The Bertz CT molecular complexity index is 221. The second kappa shape index (κ2) is 11.5. The molecular weight excluding hydrogens is 327 g/mol. The van der Waals surface area contributed by atoms with Gasteiger partial charge in [-0.2, -0.15) is 0 Å². The maximum atomic E-state index is 6.79. The molecule has 0 aliphatic heterocycles. The zero-order valence-corrected chi connectivity index (χ0v) is 17.2. The van der Waals surface area contributed by atoms with E-state index < -0.39 is 8.32 Å². The van der Waals surface area contributed by atoms with E-state index in [0.717, 1.165) is 19.3 Å². The molecule has 0 saturated carbocycles. The first kappa shape index (κ1) is 22.1. The van der Waals surface area contributed by atoms with Crippen molar-refractivity contribution >= 4 is 8.32 Å². The summed E-state index contributed by atoms with van der Waals surface area (Å²) in [4.78, 5) is 0. The van der Waals surface area contributed by atoms with E-state index in [0.29, 0.717) is 0 Å². The van der Waals surface area contributed by atoms with Crippen LogP contribution in [0.1, 0.15) is 66.7 Å². The normalized spacial score (nSPS) is 14.6. The average molecular weight is 361 g/mol. The molecule has 3 heteroatoms. The molecule has 0 aliphatic rings. The summed E-state index contributed by atoms with van der Waals surface area (Å²) in [5.74, 6) is 0.